The lowest BCUT2D eigenvalue weighted by molar-refractivity contribution is 0.0940. The average molecular weight is 245 g/mol. The maximum Gasteiger partial charge on any atom is 0.252 e. The topological polar surface area (TPSA) is 81.9 Å². The van der Waals surface area contributed by atoms with Gasteiger partial charge in [0.05, 0.1) is 5.54 Å². The first kappa shape index (κ1) is 10.7. The number of hydrogen-bond acceptors (Lipinski definition) is 5. The van der Waals surface area contributed by atoms with Gasteiger partial charge in [-0.3, -0.25) is 4.79 Å². The molecule has 1 N–H and O–H groups in total. The van der Waals surface area contributed by atoms with Crippen LogP contribution in [0.4, 0.5) is 0 Å². The summed E-state index contributed by atoms with van der Waals surface area (Å²) in [5.74, 6) is 0.509. The van der Waals surface area contributed by atoms with Gasteiger partial charge in [-0.2, -0.15) is 0 Å². The van der Waals surface area contributed by atoms with Crippen LogP contribution in [0.3, 0.4) is 0 Å². The number of carbonyl (C=O) groups is 1. The summed E-state index contributed by atoms with van der Waals surface area (Å²) in [5, 5.41) is 13.5. The predicted octanol–water partition coefficient (Wildman–Crippen LogP) is 0.494. The van der Waals surface area contributed by atoms with E-state index in [1.54, 1.807) is 12.1 Å². The highest BCUT2D eigenvalue weighted by Crippen LogP contribution is 2.33. The third-order valence-corrected chi connectivity index (χ3v) is 2.86. The standard InChI is InChI=1S/C11H11N5O2/c1-11(2)9-5-7(18-16-6-12-14-15-16)3-4-8(9)10(17)13-11/h3-6H,1-2H3,(H,13,17). The van der Waals surface area contributed by atoms with Crippen molar-refractivity contribution in [3.63, 3.8) is 0 Å². The van der Waals surface area contributed by atoms with Crippen LogP contribution in [0.5, 0.6) is 5.75 Å². The number of hydrogen-bond donors (Lipinski definition) is 1. The Morgan fingerprint density at radius 2 is 2.22 bits per heavy atom. The Morgan fingerprint density at radius 3 is 2.94 bits per heavy atom. The highest BCUT2D eigenvalue weighted by molar-refractivity contribution is 6.00. The highest BCUT2D eigenvalue weighted by atomic mass is 16.7. The van der Waals surface area contributed by atoms with Crippen molar-refractivity contribution >= 4 is 5.91 Å². The average Bonchev–Trinajstić information content (AvgIpc) is 2.87. The van der Waals surface area contributed by atoms with Crippen molar-refractivity contribution < 1.29 is 9.63 Å². The Bertz CT molecular complexity index is 606. The van der Waals surface area contributed by atoms with E-state index in [0.29, 0.717) is 11.3 Å². The molecule has 1 aliphatic heterocycles. The third kappa shape index (κ3) is 1.60. The summed E-state index contributed by atoms with van der Waals surface area (Å²) in [6, 6.07) is 5.26. The van der Waals surface area contributed by atoms with Crippen LogP contribution in [-0.4, -0.2) is 26.3 Å². The highest BCUT2D eigenvalue weighted by Gasteiger charge is 2.35. The molecular formula is C11H11N5O2. The number of nitrogens with zero attached hydrogens (tertiary/aromatic N) is 4. The maximum atomic E-state index is 11.7. The molecule has 0 atom stereocenters. The summed E-state index contributed by atoms with van der Waals surface area (Å²) >= 11 is 0. The van der Waals surface area contributed by atoms with Gasteiger partial charge in [0.2, 0.25) is 0 Å². The maximum absolute atomic E-state index is 11.7. The van der Waals surface area contributed by atoms with Gasteiger partial charge in [-0.15, -0.1) is 5.10 Å². The van der Waals surface area contributed by atoms with Gasteiger partial charge in [0.25, 0.3) is 5.91 Å². The minimum atomic E-state index is -0.396. The van der Waals surface area contributed by atoms with Crippen LogP contribution in [0.25, 0.3) is 0 Å². The Kier molecular flexibility index (Phi) is 2.09. The number of aromatic nitrogens is 4. The van der Waals surface area contributed by atoms with Crippen LogP contribution >= 0.6 is 0 Å². The van der Waals surface area contributed by atoms with E-state index in [0.717, 1.165) is 10.4 Å². The summed E-state index contributed by atoms with van der Waals surface area (Å²) in [4.78, 5) is 18.3. The Labute approximate surface area is 103 Å². The van der Waals surface area contributed by atoms with Crippen molar-refractivity contribution in [2.75, 3.05) is 0 Å². The van der Waals surface area contributed by atoms with Crippen LogP contribution in [-0.2, 0) is 5.54 Å². The van der Waals surface area contributed by atoms with Gasteiger partial charge in [0.15, 0.2) is 12.1 Å². The second-order valence-electron chi connectivity index (χ2n) is 4.59. The van der Waals surface area contributed by atoms with Crippen LogP contribution in [0, 0.1) is 0 Å². The monoisotopic (exact) mass is 245 g/mol. The number of rotatable bonds is 2. The van der Waals surface area contributed by atoms with E-state index in [9.17, 15) is 4.79 Å². The number of nitrogens with one attached hydrogen (secondary N) is 1. The number of fused-ring (bicyclic) bond motifs is 1. The molecule has 7 heteroatoms. The fourth-order valence-corrected chi connectivity index (χ4v) is 2.02. The third-order valence-electron chi connectivity index (χ3n) is 2.86. The molecule has 0 fully saturated rings. The molecule has 3 rings (SSSR count). The van der Waals surface area contributed by atoms with Crippen LogP contribution in [0.1, 0.15) is 29.8 Å². The van der Waals surface area contributed by atoms with Crippen LogP contribution in [0.2, 0.25) is 0 Å². The van der Waals surface area contributed by atoms with Crippen molar-refractivity contribution in [3.05, 3.63) is 35.7 Å². The smallest absolute Gasteiger partial charge is 0.252 e. The normalized spacial score (nSPS) is 16.2. The van der Waals surface area contributed by atoms with Crippen LogP contribution < -0.4 is 10.2 Å². The molecule has 1 aromatic heterocycles. The van der Waals surface area contributed by atoms with Gasteiger partial charge in [-0.25, -0.2) is 0 Å². The Hall–Kier alpha value is -2.44. The molecule has 92 valence electrons. The van der Waals surface area contributed by atoms with Crippen LogP contribution in [0.15, 0.2) is 24.5 Å². The zero-order valence-corrected chi connectivity index (χ0v) is 9.91. The predicted molar refractivity (Wildman–Crippen MR) is 60.8 cm³/mol. The van der Waals surface area contributed by atoms with Gasteiger partial charge < -0.3 is 10.2 Å². The molecule has 1 amide bonds. The molecule has 0 bridgehead atoms. The first-order valence-electron chi connectivity index (χ1n) is 5.45. The number of carbonyl (C=O) groups excluding carboxylic acids is 1. The molecule has 0 saturated carbocycles. The second kappa shape index (κ2) is 3.52. The molecule has 0 unspecified atom stereocenters. The lowest BCUT2D eigenvalue weighted by atomic mass is 9.94. The second-order valence-corrected chi connectivity index (χ2v) is 4.59. The summed E-state index contributed by atoms with van der Waals surface area (Å²) < 4.78 is 0. The molecular weight excluding hydrogens is 234 g/mol. The van der Waals surface area contributed by atoms with Crippen molar-refractivity contribution in [1.82, 2.24) is 25.7 Å². The molecule has 0 radical (unpaired) electrons. The zero-order valence-electron chi connectivity index (χ0n) is 9.91. The van der Waals surface area contributed by atoms with Crippen molar-refractivity contribution in [2.24, 2.45) is 0 Å². The van der Waals surface area contributed by atoms with Crippen molar-refractivity contribution in [1.29, 1.82) is 0 Å². The van der Waals surface area contributed by atoms with E-state index >= 15 is 0 Å². The van der Waals surface area contributed by atoms with Gasteiger partial charge in [0, 0.05) is 5.56 Å². The molecule has 1 aromatic carbocycles. The minimum absolute atomic E-state index is 0.0658. The van der Waals surface area contributed by atoms with E-state index in [1.165, 1.54) is 6.33 Å². The number of amides is 1. The lowest BCUT2D eigenvalue weighted by Crippen LogP contribution is -2.32. The van der Waals surface area contributed by atoms with Gasteiger partial charge in [-0.05, 0) is 48.0 Å². The summed E-state index contributed by atoms with van der Waals surface area (Å²) in [5.41, 5.74) is 1.18. The molecule has 7 nitrogen and oxygen atoms in total. The zero-order chi connectivity index (χ0) is 12.8. The molecule has 2 heterocycles. The number of benzene rings is 1. The van der Waals surface area contributed by atoms with Crippen molar-refractivity contribution in [3.8, 4) is 5.75 Å². The summed E-state index contributed by atoms with van der Waals surface area (Å²) in [6.45, 7) is 3.88. The van der Waals surface area contributed by atoms with Gasteiger partial charge in [0.1, 0.15) is 0 Å². The lowest BCUT2D eigenvalue weighted by Gasteiger charge is -2.19. The fraction of sp³-hybridized carbons (Fsp3) is 0.273. The van der Waals surface area contributed by atoms with E-state index in [2.05, 4.69) is 20.8 Å². The summed E-state index contributed by atoms with van der Waals surface area (Å²) in [7, 11) is 0. The number of tetrazole rings is 1. The van der Waals surface area contributed by atoms with E-state index in [-0.39, 0.29) is 5.91 Å². The SMILES string of the molecule is CC1(C)NC(=O)c2ccc(On3cnnn3)cc21. The van der Waals surface area contributed by atoms with Gasteiger partial charge in [-0.1, -0.05) is 4.85 Å². The quantitative estimate of drug-likeness (QED) is 0.832. The molecule has 1 aliphatic rings. The van der Waals surface area contributed by atoms with Crippen molar-refractivity contribution in [2.45, 2.75) is 19.4 Å². The molecule has 18 heavy (non-hydrogen) atoms. The van der Waals surface area contributed by atoms with E-state index in [1.807, 2.05) is 19.9 Å². The van der Waals surface area contributed by atoms with E-state index in [4.69, 9.17) is 4.84 Å². The van der Waals surface area contributed by atoms with Gasteiger partial charge >= 0.3 is 0 Å². The first-order valence-corrected chi connectivity index (χ1v) is 5.45. The fourth-order valence-electron chi connectivity index (χ4n) is 2.02. The largest absolute Gasteiger partial charge is 0.355 e. The Balaban J connectivity index is 1.99. The molecule has 0 spiro atoms. The minimum Gasteiger partial charge on any atom is -0.355 e. The van der Waals surface area contributed by atoms with E-state index < -0.39 is 5.54 Å². The Morgan fingerprint density at radius 1 is 1.39 bits per heavy atom. The molecule has 0 aliphatic carbocycles. The first-order chi connectivity index (χ1) is 8.56. The summed E-state index contributed by atoms with van der Waals surface area (Å²) in [6.07, 6.45) is 1.35. The molecule has 2 aromatic rings. The molecule has 0 saturated heterocycles.